The smallest absolute Gasteiger partial charge is 0.160 e. The van der Waals surface area contributed by atoms with Crippen molar-refractivity contribution in [2.75, 3.05) is 0 Å². The fourth-order valence-electron chi connectivity index (χ4n) is 1.20. The Hall–Kier alpha value is -2.29. The molecule has 0 radical (unpaired) electrons. The van der Waals surface area contributed by atoms with Crippen LogP contribution in [0.4, 0.5) is 0 Å². The van der Waals surface area contributed by atoms with Gasteiger partial charge in [-0.15, -0.1) is 0 Å². The van der Waals surface area contributed by atoms with Gasteiger partial charge < -0.3 is 0 Å². The van der Waals surface area contributed by atoms with E-state index in [1.807, 2.05) is 42.5 Å². The van der Waals surface area contributed by atoms with Gasteiger partial charge in [0.15, 0.2) is 5.82 Å². The van der Waals surface area contributed by atoms with Crippen molar-refractivity contribution in [3.8, 4) is 11.4 Å². The molecule has 0 amide bonds. The summed E-state index contributed by atoms with van der Waals surface area (Å²) in [4.78, 5) is 12.6. The lowest BCUT2D eigenvalue weighted by Crippen LogP contribution is -1.84. The molecule has 0 spiro atoms. The first-order valence-electron chi connectivity index (χ1n) is 4.97. The monoisotopic (exact) mass is 209 g/mol. The maximum atomic E-state index is 4.27. The Morgan fingerprint density at radius 1 is 0.688 bits per heavy atom. The van der Waals surface area contributed by atoms with Crippen LogP contribution in [0.2, 0.25) is 0 Å². The van der Waals surface area contributed by atoms with E-state index in [9.17, 15) is 0 Å². The normalized spacial score (nSPS) is 9.25. The predicted molar refractivity (Wildman–Crippen MR) is 62.9 cm³/mol. The molecule has 16 heavy (non-hydrogen) atoms. The first-order chi connectivity index (χ1) is 7.97. The molecule has 0 aromatic carbocycles. The summed E-state index contributed by atoms with van der Waals surface area (Å²) in [7, 11) is 0. The third kappa shape index (κ3) is 2.85. The Morgan fingerprint density at radius 3 is 2.00 bits per heavy atom. The van der Waals surface area contributed by atoms with Crippen molar-refractivity contribution in [1.82, 2.24) is 15.0 Å². The molecule has 0 saturated carbocycles. The summed E-state index contributed by atoms with van der Waals surface area (Å²) in [6.45, 7) is 0. The van der Waals surface area contributed by atoms with Gasteiger partial charge in [-0.2, -0.15) is 0 Å². The number of hydrogen-bond donors (Lipinski definition) is 0. The molecule has 78 valence electrons. The average molecular weight is 209 g/mol. The number of hydrogen-bond acceptors (Lipinski definition) is 3. The maximum absolute atomic E-state index is 4.27. The van der Waals surface area contributed by atoms with Crippen molar-refractivity contribution in [2.24, 2.45) is 0 Å². The van der Waals surface area contributed by atoms with Crippen LogP contribution >= 0.6 is 0 Å². The molecule has 2 aromatic heterocycles. The van der Waals surface area contributed by atoms with Crippen molar-refractivity contribution < 1.29 is 0 Å². The van der Waals surface area contributed by atoms with Gasteiger partial charge in [-0.25, -0.2) is 9.97 Å². The Labute approximate surface area is 94.2 Å². The Bertz CT molecular complexity index is 471. The highest BCUT2D eigenvalue weighted by atomic mass is 14.8. The second-order valence-electron chi connectivity index (χ2n) is 3.08. The second kappa shape index (κ2) is 5.56. The lowest BCUT2D eigenvalue weighted by molar-refractivity contribution is 1.19. The molecule has 3 heteroatoms. The van der Waals surface area contributed by atoms with Crippen molar-refractivity contribution in [3.63, 3.8) is 0 Å². The summed E-state index contributed by atoms with van der Waals surface area (Å²) in [6.07, 6.45) is 6.91. The quantitative estimate of drug-likeness (QED) is 0.724. The molecular weight excluding hydrogens is 198 g/mol. The molecular formula is C13H11N3. The van der Waals surface area contributed by atoms with Crippen molar-refractivity contribution >= 4 is 0 Å². The third-order valence-corrected chi connectivity index (χ3v) is 1.93. The zero-order chi connectivity index (χ0) is 11.1. The number of pyridine rings is 1. The lowest BCUT2D eigenvalue weighted by Gasteiger charge is -1.94. The molecule has 2 aromatic rings. The van der Waals surface area contributed by atoms with Crippen LogP contribution in [0.1, 0.15) is 0 Å². The highest BCUT2D eigenvalue weighted by Gasteiger charge is 1.95. The molecule has 2 heterocycles. The predicted octanol–water partition coefficient (Wildman–Crippen LogP) is 2.66. The minimum atomic E-state index is 0.657. The van der Waals surface area contributed by atoms with Crippen LogP contribution in [0.15, 0.2) is 67.3 Å². The Kier molecular flexibility index (Phi) is 3.55. The summed E-state index contributed by atoms with van der Waals surface area (Å²) in [5, 5.41) is 0. The molecule has 0 saturated heterocycles. The van der Waals surface area contributed by atoms with E-state index >= 15 is 0 Å². The zero-order valence-corrected chi connectivity index (χ0v) is 8.69. The van der Waals surface area contributed by atoms with Gasteiger partial charge in [0.25, 0.3) is 0 Å². The first-order valence-corrected chi connectivity index (χ1v) is 4.97. The Balaban J connectivity index is 2.50. The third-order valence-electron chi connectivity index (χ3n) is 1.93. The van der Waals surface area contributed by atoms with Gasteiger partial charge in [-0.1, -0.05) is 18.2 Å². The van der Waals surface area contributed by atoms with Gasteiger partial charge in [0.1, 0.15) is 0 Å². The van der Waals surface area contributed by atoms with Crippen LogP contribution in [0.5, 0.6) is 0 Å². The second-order valence-corrected chi connectivity index (χ2v) is 3.08. The van der Waals surface area contributed by atoms with Crippen LogP contribution in [0.25, 0.3) is 11.4 Å². The summed E-state index contributed by atoms with van der Waals surface area (Å²) in [6, 6.07) is 13.3. The van der Waals surface area contributed by atoms with Crippen LogP contribution in [0.3, 0.4) is 0 Å². The average Bonchev–Trinajstić information content (AvgIpc) is 2.37. The van der Waals surface area contributed by atoms with Gasteiger partial charge >= 0.3 is 0 Å². The van der Waals surface area contributed by atoms with Crippen LogP contribution in [-0.4, -0.2) is 15.0 Å². The van der Waals surface area contributed by atoms with E-state index < -0.39 is 0 Å². The zero-order valence-electron chi connectivity index (χ0n) is 8.69. The van der Waals surface area contributed by atoms with E-state index in [2.05, 4.69) is 15.0 Å². The fraction of sp³-hybridized carbons (Fsp3) is 0. The summed E-state index contributed by atoms with van der Waals surface area (Å²) < 4.78 is 0. The summed E-state index contributed by atoms with van der Waals surface area (Å²) >= 11 is 0. The van der Waals surface area contributed by atoms with E-state index in [0.29, 0.717) is 5.82 Å². The molecule has 0 aliphatic rings. The van der Waals surface area contributed by atoms with E-state index in [0.717, 1.165) is 5.56 Å². The van der Waals surface area contributed by atoms with Crippen molar-refractivity contribution in [3.05, 3.63) is 67.3 Å². The Morgan fingerprint density at radius 2 is 1.38 bits per heavy atom. The SMILES string of the molecule is c1cccnc(-c2cccnc2)nccc1. The molecule has 0 bridgehead atoms. The number of nitrogens with zero attached hydrogens (tertiary/aromatic N) is 3. The van der Waals surface area contributed by atoms with Crippen LogP contribution in [-0.2, 0) is 0 Å². The van der Waals surface area contributed by atoms with E-state index in [1.165, 1.54) is 0 Å². The lowest BCUT2D eigenvalue weighted by atomic mass is 10.3. The van der Waals surface area contributed by atoms with Crippen LogP contribution in [0, 0.1) is 0 Å². The molecule has 0 N–H and O–H groups in total. The minimum Gasteiger partial charge on any atom is -0.264 e. The molecule has 0 aliphatic heterocycles. The largest absolute Gasteiger partial charge is 0.264 e. The molecule has 0 fully saturated rings. The summed E-state index contributed by atoms with van der Waals surface area (Å²) in [5.74, 6) is 0.657. The minimum absolute atomic E-state index is 0.657. The molecule has 0 atom stereocenters. The van der Waals surface area contributed by atoms with Gasteiger partial charge in [0.05, 0.1) is 0 Å². The molecule has 0 aliphatic carbocycles. The maximum Gasteiger partial charge on any atom is 0.160 e. The van der Waals surface area contributed by atoms with E-state index in [4.69, 9.17) is 0 Å². The fourth-order valence-corrected chi connectivity index (χ4v) is 1.20. The molecule has 3 nitrogen and oxygen atoms in total. The van der Waals surface area contributed by atoms with Gasteiger partial charge in [-0.05, 0) is 24.3 Å². The molecule has 0 unspecified atom stereocenters. The van der Waals surface area contributed by atoms with E-state index in [-0.39, 0.29) is 0 Å². The van der Waals surface area contributed by atoms with Crippen molar-refractivity contribution in [2.45, 2.75) is 0 Å². The molecule has 2 rings (SSSR count). The standard InChI is InChI=1S/C13H11N3/c1-2-4-9-15-13(16-10-5-3-1)12-7-6-8-14-11-12/h1-11H. The van der Waals surface area contributed by atoms with Crippen molar-refractivity contribution in [1.29, 1.82) is 0 Å². The van der Waals surface area contributed by atoms with Crippen LogP contribution < -0.4 is 0 Å². The highest BCUT2D eigenvalue weighted by Crippen LogP contribution is 2.09. The topological polar surface area (TPSA) is 38.7 Å². The number of rotatable bonds is 1. The van der Waals surface area contributed by atoms with Gasteiger partial charge in [0.2, 0.25) is 0 Å². The first kappa shape index (κ1) is 10.2. The highest BCUT2D eigenvalue weighted by molar-refractivity contribution is 5.51. The summed E-state index contributed by atoms with van der Waals surface area (Å²) in [5.41, 5.74) is 0.904. The van der Waals surface area contributed by atoms with Gasteiger partial charge in [0, 0.05) is 30.4 Å². The number of aromatic nitrogens is 3. The van der Waals surface area contributed by atoms with Gasteiger partial charge in [-0.3, -0.25) is 4.98 Å². The van der Waals surface area contributed by atoms with E-state index in [1.54, 1.807) is 24.8 Å².